The lowest BCUT2D eigenvalue weighted by Gasteiger charge is -2.30. The molecule has 6 heteroatoms. The number of aliphatic hydroxyl groups is 1. The van der Waals surface area contributed by atoms with E-state index in [1.807, 2.05) is 6.07 Å². The van der Waals surface area contributed by atoms with Crippen LogP contribution in [0.4, 0.5) is 10.7 Å². The highest BCUT2D eigenvalue weighted by Crippen LogP contribution is 2.33. The molecule has 0 saturated carbocycles. The van der Waals surface area contributed by atoms with Gasteiger partial charge in [-0.3, -0.25) is 4.79 Å². The van der Waals surface area contributed by atoms with Crippen molar-refractivity contribution in [3.8, 4) is 0 Å². The number of nitrogens with two attached hydrogens (primary N) is 1. The number of carbonyl (C=O) groups is 1. The summed E-state index contributed by atoms with van der Waals surface area (Å²) in [5, 5.41) is 13.2. The van der Waals surface area contributed by atoms with E-state index < -0.39 is 0 Å². The molecule has 0 atom stereocenters. The second-order valence-corrected chi connectivity index (χ2v) is 5.62. The number of aliphatic hydroxyl groups excluding tert-OH is 1. The predicted octanol–water partition coefficient (Wildman–Crippen LogP) is 1.21. The normalized spacial score (nSPS) is 16.4. The minimum absolute atomic E-state index is 0.161. The maximum Gasteiger partial charge on any atom is 0.263 e. The predicted molar refractivity (Wildman–Crippen MR) is 78.7 cm³/mol. The number of nitrogens with zero attached hydrogens (tertiary/aromatic N) is 1. The molecular weight excluding hydrogens is 262 g/mol. The van der Waals surface area contributed by atoms with Crippen LogP contribution in [0.25, 0.3) is 0 Å². The molecule has 0 unspecified atom stereocenters. The fraction of sp³-hybridized carbons (Fsp3) is 0.462. The van der Waals surface area contributed by atoms with Gasteiger partial charge in [0, 0.05) is 19.6 Å². The summed E-state index contributed by atoms with van der Waals surface area (Å²) in [4.78, 5) is 14.6. The molecule has 1 saturated heterocycles. The molecule has 104 valence electrons. The first-order chi connectivity index (χ1) is 9.11. The number of carbonyl (C=O) groups excluding carboxylic acids is 1. The van der Waals surface area contributed by atoms with Crippen LogP contribution in [0.3, 0.4) is 0 Å². The van der Waals surface area contributed by atoms with E-state index in [1.165, 1.54) is 11.3 Å². The van der Waals surface area contributed by atoms with E-state index >= 15 is 0 Å². The first kappa shape index (κ1) is 13.9. The number of nitrogens with one attached hydrogen (secondary N) is 1. The number of amides is 1. The van der Waals surface area contributed by atoms with Gasteiger partial charge in [-0.05, 0) is 18.9 Å². The Morgan fingerprint density at radius 2 is 2.32 bits per heavy atom. The molecule has 1 aliphatic rings. The van der Waals surface area contributed by atoms with Crippen LogP contribution in [-0.4, -0.2) is 36.8 Å². The third-order valence-corrected chi connectivity index (χ3v) is 4.35. The third kappa shape index (κ3) is 3.27. The molecule has 1 aromatic heterocycles. The molecule has 0 bridgehead atoms. The van der Waals surface area contributed by atoms with E-state index in [2.05, 4.69) is 16.8 Å². The van der Waals surface area contributed by atoms with Gasteiger partial charge in [-0.15, -0.1) is 17.9 Å². The second kappa shape index (κ2) is 6.08. The van der Waals surface area contributed by atoms with Crippen LogP contribution in [0.1, 0.15) is 22.5 Å². The van der Waals surface area contributed by atoms with Crippen molar-refractivity contribution in [3.63, 3.8) is 0 Å². The van der Waals surface area contributed by atoms with Gasteiger partial charge < -0.3 is 21.1 Å². The summed E-state index contributed by atoms with van der Waals surface area (Å²) in [5.41, 5.74) is 6.40. The Bertz CT molecular complexity index is 464. The van der Waals surface area contributed by atoms with Crippen molar-refractivity contribution in [1.82, 2.24) is 5.32 Å². The first-order valence-electron chi connectivity index (χ1n) is 6.33. The summed E-state index contributed by atoms with van der Waals surface area (Å²) in [6, 6.07) is 1.84. The monoisotopic (exact) mass is 281 g/mol. The average Bonchev–Trinajstić information content (AvgIpc) is 2.79. The lowest BCUT2D eigenvalue weighted by atomic mass is 10.1. The van der Waals surface area contributed by atoms with Crippen LogP contribution in [0, 0.1) is 0 Å². The number of anilines is 2. The zero-order valence-electron chi connectivity index (χ0n) is 10.8. The Labute approximate surface area is 116 Å². The van der Waals surface area contributed by atoms with Crippen LogP contribution >= 0.6 is 11.3 Å². The van der Waals surface area contributed by atoms with Gasteiger partial charge in [-0.25, -0.2) is 0 Å². The van der Waals surface area contributed by atoms with Gasteiger partial charge in [-0.1, -0.05) is 6.08 Å². The van der Waals surface area contributed by atoms with E-state index in [9.17, 15) is 9.90 Å². The van der Waals surface area contributed by atoms with Gasteiger partial charge in [0.15, 0.2) is 0 Å². The molecule has 5 nitrogen and oxygen atoms in total. The van der Waals surface area contributed by atoms with Crippen molar-refractivity contribution in [2.24, 2.45) is 0 Å². The number of nitrogen functional groups attached to an aromatic ring is 1. The summed E-state index contributed by atoms with van der Waals surface area (Å²) in [7, 11) is 0. The zero-order chi connectivity index (χ0) is 13.8. The maximum atomic E-state index is 11.9. The Kier molecular flexibility index (Phi) is 4.44. The molecule has 1 amide bonds. The minimum atomic E-state index is -0.205. The molecule has 2 heterocycles. The van der Waals surface area contributed by atoms with Crippen LogP contribution in [0.15, 0.2) is 18.7 Å². The summed E-state index contributed by atoms with van der Waals surface area (Å²) in [6.45, 7) is 5.59. The maximum absolute atomic E-state index is 11.9. The van der Waals surface area contributed by atoms with Crippen LogP contribution in [-0.2, 0) is 0 Å². The summed E-state index contributed by atoms with van der Waals surface area (Å²) in [5.74, 6) is -0.161. The van der Waals surface area contributed by atoms with Gasteiger partial charge in [0.05, 0.1) is 16.8 Å². The van der Waals surface area contributed by atoms with Crippen molar-refractivity contribution in [1.29, 1.82) is 0 Å². The highest BCUT2D eigenvalue weighted by atomic mass is 32.1. The van der Waals surface area contributed by atoms with Crippen molar-refractivity contribution >= 4 is 27.9 Å². The molecule has 0 aliphatic carbocycles. The van der Waals surface area contributed by atoms with E-state index in [4.69, 9.17) is 5.73 Å². The van der Waals surface area contributed by atoms with Gasteiger partial charge in [-0.2, -0.15) is 0 Å². The lowest BCUT2D eigenvalue weighted by molar-refractivity contribution is 0.0963. The van der Waals surface area contributed by atoms with Gasteiger partial charge in [0.25, 0.3) is 5.91 Å². The molecule has 1 fully saturated rings. The van der Waals surface area contributed by atoms with Crippen molar-refractivity contribution < 1.29 is 9.90 Å². The van der Waals surface area contributed by atoms with Gasteiger partial charge in [0.2, 0.25) is 0 Å². The molecule has 1 aromatic rings. The fourth-order valence-electron chi connectivity index (χ4n) is 2.06. The minimum Gasteiger partial charge on any atom is -0.397 e. The summed E-state index contributed by atoms with van der Waals surface area (Å²) in [6.07, 6.45) is 2.95. The highest BCUT2D eigenvalue weighted by molar-refractivity contribution is 7.18. The van der Waals surface area contributed by atoms with Gasteiger partial charge >= 0.3 is 0 Å². The van der Waals surface area contributed by atoms with Gasteiger partial charge in [0.1, 0.15) is 4.88 Å². The highest BCUT2D eigenvalue weighted by Gasteiger charge is 2.21. The van der Waals surface area contributed by atoms with Crippen LogP contribution in [0.2, 0.25) is 0 Å². The number of thiophene rings is 1. The summed E-state index contributed by atoms with van der Waals surface area (Å²) >= 11 is 1.40. The quantitative estimate of drug-likeness (QED) is 0.725. The Morgan fingerprint density at radius 1 is 1.63 bits per heavy atom. The van der Waals surface area contributed by atoms with Crippen molar-refractivity contribution in [2.75, 3.05) is 30.3 Å². The number of hydrogen-bond donors (Lipinski definition) is 3. The molecule has 0 spiro atoms. The van der Waals surface area contributed by atoms with E-state index in [1.54, 1.807) is 6.08 Å². The first-order valence-corrected chi connectivity index (χ1v) is 7.15. The summed E-state index contributed by atoms with van der Waals surface area (Å²) < 4.78 is 0. The average molecular weight is 281 g/mol. The Balaban J connectivity index is 2.07. The second-order valence-electron chi connectivity index (χ2n) is 4.59. The molecular formula is C13H19N3O2S. The van der Waals surface area contributed by atoms with Crippen LogP contribution in [0.5, 0.6) is 0 Å². The van der Waals surface area contributed by atoms with Crippen molar-refractivity contribution in [2.45, 2.75) is 18.9 Å². The molecule has 0 radical (unpaired) electrons. The van der Waals surface area contributed by atoms with Crippen molar-refractivity contribution in [3.05, 3.63) is 23.6 Å². The molecule has 0 aromatic carbocycles. The zero-order valence-corrected chi connectivity index (χ0v) is 11.6. The topological polar surface area (TPSA) is 78.6 Å². The van der Waals surface area contributed by atoms with Crippen LogP contribution < -0.4 is 16.0 Å². The Hall–Kier alpha value is -1.53. The number of rotatable bonds is 4. The van der Waals surface area contributed by atoms with E-state index in [0.29, 0.717) is 17.1 Å². The largest absolute Gasteiger partial charge is 0.397 e. The lowest BCUT2D eigenvalue weighted by Crippen LogP contribution is -2.35. The standard InChI is InChI=1S/C13H19N3O2S/c1-2-5-15-13(18)12-10(14)8-11(19-12)16-6-3-9(17)4-7-16/h2,8-9,17H,1,3-7,14H2,(H,15,18). The third-order valence-electron chi connectivity index (χ3n) is 3.14. The molecule has 19 heavy (non-hydrogen) atoms. The van der Waals surface area contributed by atoms with E-state index in [0.717, 1.165) is 30.9 Å². The number of piperidine rings is 1. The van der Waals surface area contributed by atoms with E-state index in [-0.39, 0.29) is 12.0 Å². The number of hydrogen-bond acceptors (Lipinski definition) is 5. The smallest absolute Gasteiger partial charge is 0.263 e. The Morgan fingerprint density at radius 3 is 2.95 bits per heavy atom. The molecule has 1 aliphatic heterocycles. The molecule has 2 rings (SSSR count). The molecule has 4 N–H and O–H groups in total. The SMILES string of the molecule is C=CCNC(=O)c1sc(N2CCC(O)CC2)cc1N. The fourth-order valence-corrected chi connectivity index (χ4v) is 3.10.